The molecule has 0 radical (unpaired) electrons. The van der Waals surface area contributed by atoms with Crippen LogP contribution < -0.4 is 9.47 Å². The SMILES string of the molecule is COc1cc(C(c2cccc(C)c2)N2CCCC2C(=O)O)ccc1OCc1ccccc1. The number of carboxylic acids is 1. The van der Waals surface area contributed by atoms with E-state index in [1.165, 1.54) is 0 Å². The molecule has 0 amide bonds. The van der Waals surface area contributed by atoms with Gasteiger partial charge < -0.3 is 14.6 Å². The Morgan fingerprint density at radius 3 is 2.53 bits per heavy atom. The number of methoxy groups -OCH3 is 1. The Bertz CT molecular complexity index is 1070. The molecular weight excluding hydrogens is 402 g/mol. The van der Waals surface area contributed by atoms with Gasteiger partial charge in [-0.05, 0) is 48.6 Å². The molecule has 1 saturated heterocycles. The number of rotatable bonds is 8. The van der Waals surface area contributed by atoms with Crippen molar-refractivity contribution in [2.24, 2.45) is 0 Å². The van der Waals surface area contributed by atoms with E-state index in [0.29, 0.717) is 24.5 Å². The summed E-state index contributed by atoms with van der Waals surface area (Å²) >= 11 is 0. The number of nitrogens with zero attached hydrogens (tertiary/aromatic N) is 1. The van der Waals surface area contributed by atoms with Gasteiger partial charge in [-0.2, -0.15) is 0 Å². The molecule has 3 aromatic rings. The second-order valence-corrected chi connectivity index (χ2v) is 8.24. The van der Waals surface area contributed by atoms with Crippen LogP contribution in [0.4, 0.5) is 0 Å². The van der Waals surface area contributed by atoms with Gasteiger partial charge in [-0.25, -0.2) is 0 Å². The van der Waals surface area contributed by atoms with Crippen molar-refractivity contribution in [1.82, 2.24) is 4.90 Å². The van der Waals surface area contributed by atoms with Gasteiger partial charge in [0, 0.05) is 6.54 Å². The van der Waals surface area contributed by atoms with Gasteiger partial charge in [0.1, 0.15) is 12.6 Å². The van der Waals surface area contributed by atoms with Crippen molar-refractivity contribution in [2.45, 2.75) is 38.5 Å². The Morgan fingerprint density at radius 2 is 1.81 bits per heavy atom. The van der Waals surface area contributed by atoms with Gasteiger partial charge >= 0.3 is 5.97 Å². The molecule has 5 heteroatoms. The molecule has 0 spiro atoms. The van der Waals surface area contributed by atoms with Crippen LogP contribution in [-0.2, 0) is 11.4 Å². The van der Waals surface area contributed by atoms with Crippen LogP contribution in [0.1, 0.15) is 41.1 Å². The molecular formula is C27H29NO4. The number of hydrogen-bond donors (Lipinski definition) is 1. The summed E-state index contributed by atoms with van der Waals surface area (Å²) in [6.45, 7) is 3.25. The molecule has 1 aliphatic heterocycles. The van der Waals surface area contributed by atoms with E-state index in [1.807, 2.05) is 54.6 Å². The number of carboxylic acid groups (broad SMARTS) is 1. The molecule has 0 aromatic heterocycles. The number of hydrogen-bond acceptors (Lipinski definition) is 4. The van der Waals surface area contributed by atoms with Crippen LogP contribution in [0.5, 0.6) is 11.5 Å². The average molecular weight is 432 g/mol. The van der Waals surface area contributed by atoms with E-state index >= 15 is 0 Å². The standard InChI is InChI=1S/C27H29NO4/c1-19-8-6-11-21(16-19)26(28-15-7-12-23(28)27(29)30)22-13-14-24(25(17-22)31-2)32-18-20-9-4-3-5-10-20/h3-6,8-11,13-14,16-17,23,26H,7,12,15,18H2,1-2H3,(H,29,30). The van der Waals surface area contributed by atoms with Crippen LogP contribution in [0.15, 0.2) is 72.8 Å². The predicted molar refractivity (Wildman–Crippen MR) is 124 cm³/mol. The molecule has 1 heterocycles. The van der Waals surface area contributed by atoms with Gasteiger partial charge in [0.05, 0.1) is 13.2 Å². The van der Waals surface area contributed by atoms with Crippen molar-refractivity contribution >= 4 is 5.97 Å². The van der Waals surface area contributed by atoms with Crippen molar-refractivity contribution in [2.75, 3.05) is 13.7 Å². The van der Waals surface area contributed by atoms with Crippen LogP contribution >= 0.6 is 0 Å². The molecule has 1 N–H and O–H groups in total. The van der Waals surface area contributed by atoms with Crippen molar-refractivity contribution in [1.29, 1.82) is 0 Å². The third-order valence-corrected chi connectivity index (χ3v) is 6.01. The normalized spacial score (nSPS) is 17.1. The van der Waals surface area contributed by atoms with Crippen molar-refractivity contribution in [3.05, 3.63) is 95.1 Å². The van der Waals surface area contributed by atoms with Crippen LogP contribution in [0.2, 0.25) is 0 Å². The van der Waals surface area contributed by atoms with Gasteiger partial charge in [-0.3, -0.25) is 9.69 Å². The van der Waals surface area contributed by atoms with Gasteiger partial charge in [0.15, 0.2) is 11.5 Å². The lowest BCUT2D eigenvalue weighted by Gasteiger charge is -2.32. The summed E-state index contributed by atoms with van der Waals surface area (Å²) in [4.78, 5) is 14.1. The van der Waals surface area contributed by atoms with E-state index in [1.54, 1.807) is 7.11 Å². The number of ether oxygens (including phenoxy) is 2. The molecule has 3 aromatic carbocycles. The first-order valence-corrected chi connectivity index (χ1v) is 11.0. The summed E-state index contributed by atoms with van der Waals surface area (Å²) in [6.07, 6.45) is 1.53. The number of carbonyl (C=O) groups is 1. The minimum Gasteiger partial charge on any atom is -0.493 e. The highest BCUT2D eigenvalue weighted by Crippen LogP contribution is 2.39. The van der Waals surface area contributed by atoms with Crippen LogP contribution in [0.3, 0.4) is 0 Å². The number of aryl methyl sites for hydroxylation is 1. The van der Waals surface area contributed by atoms with E-state index in [0.717, 1.165) is 35.2 Å². The zero-order chi connectivity index (χ0) is 22.5. The van der Waals surface area contributed by atoms with Gasteiger partial charge in [-0.15, -0.1) is 0 Å². The fraction of sp³-hybridized carbons (Fsp3) is 0.296. The fourth-order valence-electron chi connectivity index (χ4n) is 4.49. The number of benzene rings is 3. The monoisotopic (exact) mass is 431 g/mol. The Kier molecular flexibility index (Phi) is 6.76. The quantitative estimate of drug-likeness (QED) is 0.530. The minimum absolute atomic E-state index is 0.171. The summed E-state index contributed by atoms with van der Waals surface area (Å²) in [7, 11) is 1.63. The second kappa shape index (κ2) is 9.88. The molecule has 5 nitrogen and oxygen atoms in total. The van der Waals surface area contributed by atoms with E-state index in [9.17, 15) is 9.90 Å². The zero-order valence-electron chi connectivity index (χ0n) is 18.5. The summed E-state index contributed by atoms with van der Waals surface area (Å²) in [5.74, 6) is 0.538. The fourth-order valence-corrected chi connectivity index (χ4v) is 4.49. The first-order valence-electron chi connectivity index (χ1n) is 11.0. The average Bonchev–Trinajstić information content (AvgIpc) is 3.29. The molecule has 4 rings (SSSR count). The van der Waals surface area contributed by atoms with Gasteiger partial charge in [0.25, 0.3) is 0 Å². The highest BCUT2D eigenvalue weighted by atomic mass is 16.5. The van der Waals surface area contributed by atoms with Crippen LogP contribution in [0, 0.1) is 6.92 Å². The molecule has 1 aliphatic rings. The minimum atomic E-state index is -0.769. The maximum absolute atomic E-state index is 12.0. The third-order valence-electron chi connectivity index (χ3n) is 6.01. The molecule has 2 unspecified atom stereocenters. The van der Waals surface area contributed by atoms with E-state index in [4.69, 9.17) is 9.47 Å². The highest BCUT2D eigenvalue weighted by Gasteiger charge is 2.37. The molecule has 32 heavy (non-hydrogen) atoms. The van der Waals surface area contributed by atoms with Crippen LogP contribution in [0.25, 0.3) is 0 Å². The van der Waals surface area contributed by atoms with Crippen molar-refractivity contribution in [3.8, 4) is 11.5 Å². The second-order valence-electron chi connectivity index (χ2n) is 8.24. The first-order chi connectivity index (χ1) is 15.6. The first kappa shape index (κ1) is 21.9. The summed E-state index contributed by atoms with van der Waals surface area (Å²) in [6, 6.07) is 23.5. The smallest absolute Gasteiger partial charge is 0.320 e. The molecule has 1 fully saturated rings. The maximum atomic E-state index is 12.0. The van der Waals surface area contributed by atoms with Crippen LogP contribution in [-0.4, -0.2) is 35.7 Å². The Balaban J connectivity index is 1.68. The summed E-state index contributed by atoms with van der Waals surface area (Å²) < 4.78 is 11.7. The van der Waals surface area contributed by atoms with E-state index in [2.05, 4.69) is 30.0 Å². The Morgan fingerprint density at radius 1 is 1.03 bits per heavy atom. The Hall–Kier alpha value is -3.31. The lowest BCUT2D eigenvalue weighted by Crippen LogP contribution is -2.39. The third kappa shape index (κ3) is 4.78. The zero-order valence-corrected chi connectivity index (χ0v) is 18.5. The lowest BCUT2D eigenvalue weighted by atomic mass is 9.94. The Labute approximate surface area is 189 Å². The van der Waals surface area contributed by atoms with Gasteiger partial charge in [-0.1, -0.05) is 66.2 Å². The largest absolute Gasteiger partial charge is 0.493 e. The predicted octanol–water partition coefficient (Wildman–Crippen LogP) is 5.22. The van der Waals surface area contributed by atoms with Gasteiger partial charge in [0.2, 0.25) is 0 Å². The topological polar surface area (TPSA) is 59.0 Å². The van der Waals surface area contributed by atoms with Crippen molar-refractivity contribution < 1.29 is 19.4 Å². The van der Waals surface area contributed by atoms with E-state index < -0.39 is 12.0 Å². The summed E-state index contributed by atoms with van der Waals surface area (Å²) in [5, 5.41) is 9.82. The molecule has 0 bridgehead atoms. The van der Waals surface area contributed by atoms with Crippen molar-refractivity contribution in [3.63, 3.8) is 0 Å². The summed E-state index contributed by atoms with van der Waals surface area (Å²) in [5.41, 5.74) is 4.30. The number of likely N-dealkylation sites (tertiary alicyclic amines) is 1. The molecule has 0 saturated carbocycles. The van der Waals surface area contributed by atoms with E-state index in [-0.39, 0.29) is 6.04 Å². The molecule has 2 atom stereocenters. The maximum Gasteiger partial charge on any atom is 0.320 e. The highest BCUT2D eigenvalue weighted by molar-refractivity contribution is 5.74. The number of aliphatic carboxylic acids is 1. The molecule has 0 aliphatic carbocycles. The lowest BCUT2D eigenvalue weighted by molar-refractivity contribution is -0.142. The molecule has 166 valence electrons.